The van der Waals surface area contributed by atoms with Gasteiger partial charge < -0.3 is 23.9 Å². The standard InChI is InChI=1S/C17H18N2O7/c1-23-13-6-2-3-7-14(13)25-11-16(21)26-10-15(20)19-17(22)18-9-12-5-4-8-24-12/h2-8H,9-11H2,1H3,(H2,18,19,20,22). The molecule has 0 fully saturated rings. The molecule has 1 aromatic carbocycles. The van der Waals surface area contributed by atoms with Crippen molar-refractivity contribution < 1.29 is 33.0 Å². The van der Waals surface area contributed by atoms with Gasteiger partial charge in [0.1, 0.15) is 5.76 Å². The lowest BCUT2D eigenvalue weighted by molar-refractivity contribution is -0.150. The van der Waals surface area contributed by atoms with Crippen LogP contribution in [-0.4, -0.2) is 38.2 Å². The van der Waals surface area contributed by atoms with Gasteiger partial charge in [0.05, 0.1) is 19.9 Å². The maximum atomic E-state index is 11.6. The number of urea groups is 1. The van der Waals surface area contributed by atoms with Crippen molar-refractivity contribution >= 4 is 17.9 Å². The van der Waals surface area contributed by atoms with Crippen molar-refractivity contribution in [2.75, 3.05) is 20.3 Å². The highest BCUT2D eigenvalue weighted by Crippen LogP contribution is 2.25. The first-order valence-corrected chi connectivity index (χ1v) is 7.60. The number of benzene rings is 1. The predicted octanol–water partition coefficient (Wildman–Crippen LogP) is 1.24. The van der Waals surface area contributed by atoms with E-state index in [1.54, 1.807) is 36.4 Å². The summed E-state index contributed by atoms with van der Waals surface area (Å²) < 4.78 is 20.1. The summed E-state index contributed by atoms with van der Waals surface area (Å²) in [7, 11) is 1.47. The number of esters is 1. The molecule has 0 aliphatic carbocycles. The zero-order valence-electron chi connectivity index (χ0n) is 14.0. The van der Waals surface area contributed by atoms with Crippen molar-refractivity contribution in [1.29, 1.82) is 0 Å². The van der Waals surface area contributed by atoms with Crippen LogP contribution in [-0.2, 0) is 20.9 Å². The molecule has 2 N–H and O–H groups in total. The van der Waals surface area contributed by atoms with Gasteiger partial charge in [0.25, 0.3) is 5.91 Å². The van der Waals surface area contributed by atoms with Crippen LogP contribution in [0, 0.1) is 0 Å². The maximum absolute atomic E-state index is 11.6. The zero-order valence-corrected chi connectivity index (χ0v) is 14.0. The van der Waals surface area contributed by atoms with Crippen LogP contribution in [0.1, 0.15) is 5.76 Å². The lowest BCUT2D eigenvalue weighted by Gasteiger charge is -2.10. The molecule has 26 heavy (non-hydrogen) atoms. The van der Waals surface area contributed by atoms with Crippen molar-refractivity contribution in [1.82, 2.24) is 10.6 Å². The summed E-state index contributed by atoms with van der Waals surface area (Å²) in [6.45, 7) is -0.890. The molecule has 0 unspecified atom stereocenters. The second-order valence-electron chi connectivity index (χ2n) is 4.91. The van der Waals surface area contributed by atoms with E-state index in [1.807, 2.05) is 5.32 Å². The molecule has 0 atom stereocenters. The van der Waals surface area contributed by atoms with Crippen LogP contribution < -0.4 is 20.1 Å². The number of methoxy groups -OCH3 is 1. The second kappa shape index (κ2) is 9.72. The van der Waals surface area contributed by atoms with E-state index in [0.29, 0.717) is 17.3 Å². The Bertz CT molecular complexity index is 743. The summed E-state index contributed by atoms with van der Waals surface area (Å²) in [6.07, 6.45) is 1.46. The molecule has 0 spiro atoms. The molecule has 9 nitrogen and oxygen atoms in total. The molecule has 0 aliphatic heterocycles. The third-order valence-corrected chi connectivity index (χ3v) is 3.04. The number of ether oxygens (including phenoxy) is 3. The average molecular weight is 362 g/mol. The van der Waals surface area contributed by atoms with E-state index in [2.05, 4.69) is 5.32 Å². The number of hydrogen-bond acceptors (Lipinski definition) is 7. The second-order valence-corrected chi connectivity index (χ2v) is 4.91. The smallest absolute Gasteiger partial charge is 0.344 e. The molecule has 0 bridgehead atoms. The van der Waals surface area contributed by atoms with Gasteiger partial charge in [-0.2, -0.15) is 0 Å². The summed E-state index contributed by atoms with van der Waals surface area (Å²) in [5.41, 5.74) is 0. The minimum absolute atomic E-state index is 0.124. The van der Waals surface area contributed by atoms with Crippen molar-refractivity contribution in [3.63, 3.8) is 0 Å². The quantitative estimate of drug-likeness (QED) is 0.679. The van der Waals surface area contributed by atoms with E-state index >= 15 is 0 Å². The largest absolute Gasteiger partial charge is 0.493 e. The molecule has 1 aromatic heterocycles. The summed E-state index contributed by atoms with van der Waals surface area (Å²) >= 11 is 0. The van der Waals surface area contributed by atoms with Gasteiger partial charge in [0.2, 0.25) is 0 Å². The molecule has 0 aliphatic rings. The number of nitrogens with one attached hydrogen (secondary N) is 2. The first-order chi connectivity index (χ1) is 12.6. The van der Waals surface area contributed by atoms with Gasteiger partial charge in [0.15, 0.2) is 24.7 Å². The van der Waals surface area contributed by atoms with Gasteiger partial charge in [-0.05, 0) is 24.3 Å². The molecular formula is C17H18N2O7. The first kappa shape index (κ1) is 18.8. The van der Waals surface area contributed by atoms with E-state index in [9.17, 15) is 14.4 Å². The third-order valence-electron chi connectivity index (χ3n) is 3.04. The lowest BCUT2D eigenvalue weighted by Crippen LogP contribution is -2.41. The van der Waals surface area contributed by atoms with Crippen LogP contribution in [0.25, 0.3) is 0 Å². The van der Waals surface area contributed by atoms with Crippen LogP contribution in [0.3, 0.4) is 0 Å². The number of furan rings is 1. The number of carbonyl (C=O) groups excluding carboxylic acids is 3. The minimum atomic E-state index is -0.771. The topological polar surface area (TPSA) is 116 Å². The summed E-state index contributed by atoms with van der Waals surface area (Å²) in [4.78, 5) is 34.7. The summed E-state index contributed by atoms with van der Waals surface area (Å²) in [5, 5.41) is 4.44. The van der Waals surface area contributed by atoms with E-state index in [0.717, 1.165) is 0 Å². The van der Waals surface area contributed by atoms with Gasteiger partial charge in [0, 0.05) is 0 Å². The van der Waals surface area contributed by atoms with Crippen LogP contribution in [0.2, 0.25) is 0 Å². The SMILES string of the molecule is COc1ccccc1OCC(=O)OCC(=O)NC(=O)NCc1ccco1. The van der Waals surface area contributed by atoms with Crippen LogP contribution >= 0.6 is 0 Å². The molecule has 0 radical (unpaired) electrons. The normalized spacial score (nSPS) is 9.88. The number of amides is 3. The van der Waals surface area contributed by atoms with E-state index in [1.165, 1.54) is 13.4 Å². The van der Waals surface area contributed by atoms with Crippen LogP contribution in [0.15, 0.2) is 47.1 Å². The van der Waals surface area contributed by atoms with E-state index in [4.69, 9.17) is 18.6 Å². The summed E-state index contributed by atoms with van der Waals surface area (Å²) in [5.74, 6) is -0.165. The van der Waals surface area contributed by atoms with Crippen LogP contribution in [0.5, 0.6) is 11.5 Å². The van der Waals surface area contributed by atoms with Gasteiger partial charge >= 0.3 is 12.0 Å². The van der Waals surface area contributed by atoms with Crippen molar-refractivity contribution in [3.8, 4) is 11.5 Å². The fourth-order valence-corrected chi connectivity index (χ4v) is 1.85. The Kier molecular flexibility index (Phi) is 7.04. The van der Waals surface area contributed by atoms with Gasteiger partial charge in [-0.1, -0.05) is 12.1 Å². The number of imide groups is 1. The van der Waals surface area contributed by atoms with Crippen molar-refractivity contribution in [3.05, 3.63) is 48.4 Å². The highest BCUT2D eigenvalue weighted by atomic mass is 16.6. The van der Waals surface area contributed by atoms with Crippen molar-refractivity contribution in [2.45, 2.75) is 6.54 Å². The van der Waals surface area contributed by atoms with Crippen LogP contribution in [0.4, 0.5) is 4.79 Å². The summed E-state index contributed by atoms with van der Waals surface area (Å²) in [6, 6.07) is 9.40. The maximum Gasteiger partial charge on any atom is 0.344 e. The Balaban J connectivity index is 1.64. The zero-order chi connectivity index (χ0) is 18.8. The molecule has 2 aromatic rings. The molecule has 3 amide bonds. The molecule has 0 saturated carbocycles. The Labute approximate surface area is 149 Å². The van der Waals surface area contributed by atoms with Gasteiger partial charge in [-0.25, -0.2) is 9.59 Å². The molecule has 0 saturated heterocycles. The third kappa shape index (κ3) is 6.19. The Hall–Kier alpha value is -3.49. The minimum Gasteiger partial charge on any atom is -0.493 e. The van der Waals surface area contributed by atoms with Gasteiger partial charge in [-0.3, -0.25) is 10.1 Å². The highest BCUT2D eigenvalue weighted by Gasteiger charge is 2.12. The molecular weight excluding hydrogens is 344 g/mol. The van der Waals surface area contributed by atoms with E-state index in [-0.39, 0.29) is 6.54 Å². The highest BCUT2D eigenvalue weighted by molar-refractivity contribution is 5.95. The van der Waals surface area contributed by atoms with Crippen molar-refractivity contribution in [2.24, 2.45) is 0 Å². The molecule has 9 heteroatoms. The van der Waals surface area contributed by atoms with E-state index < -0.39 is 31.1 Å². The molecule has 2 rings (SSSR count). The fraction of sp³-hybridized carbons (Fsp3) is 0.235. The number of para-hydroxylation sites is 2. The fourth-order valence-electron chi connectivity index (χ4n) is 1.85. The lowest BCUT2D eigenvalue weighted by atomic mass is 10.3. The predicted molar refractivity (Wildman–Crippen MR) is 88.5 cm³/mol. The first-order valence-electron chi connectivity index (χ1n) is 7.60. The molecule has 138 valence electrons. The average Bonchev–Trinajstić information content (AvgIpc) is 3.17. The number of hydrogen-bond donors (Lipinski definition) is 2. The Morgan fingerprint density at radius 2 is 1.81 bits per heavy atom. The van der Waals surface area contributed by atoms with Gasteiger partial charge in [-0.15, -0.1) is 0 Å². The Morgan fingerprint density at radius 1 is 1.04 bits per heavy atom. The molecule has 1 heterocycles. The Morgan fingerprint density at radius 3 is 2.50 bits per heavy atom. The number of rotatable bonds is 8. The number of carbonyl (C=O) groups is 3. The monoisotopic (exact) mass is 362 g/mol.